The van der Waals surface area contributed by atoms with Gasteiger partial charge < -0.3 is 10.2 Å². The molecule has 0 aliphatic carbocycles. The van der Waals surface area contributed by atoms with Gasteiger partial charge in [0.1, 0.15) is 0 Å². The van der Waals surface area contributed by atoms with Crippen LogP contribution >= 0.6 is 40.1 Å². The van der Waals surface area contributed by atoms with Crippen molar-refractivity contribution in [1.29, 1.82) is 0 Å². The first-order valence-electron chi connectivity index (χ1n) is 7.42. The molecule has 6 heteroatoms. The Morgan fingerprint density at radius 1 is 1.27 bits per heavy atom. The number of nitrogens with zero attached hydrogens (tertiary/aromatic N) is 1. The second-order valence-electron chi connectivity index (χ2n) is 6.13. The zero-order valence-corrected chi connectivity index (χ0v) is 16.1. The number of rotatable bonds is 3. The van der Waals surface area contributed by atoms with Gasteiger partial charge >= 0.3 is 0 Å². The number of hydrogen-bond acceptors (Lipinski definition) is 3. The fourth-order valence-electron chi connectivity index (χ4n) is 3.20. The van der Waals surface area contributed by atoms with Gasteiger partial charge in [-0.3, -0.25) is 4.79 Å². The van der Waals surface area contributed by atoms with E-state index in [9.17, 15) is 4.79 Å². The molecule has 0 spiro atoms. The first-order chi connectivity index (χ1) is 10.0. The number of carbonyl (C=O) groups excluding carboxylic acids is 1. The van der Waals surface area contributed by atoms with Crippen LogP contribution in [0.1, 0.15) is 11.1 Å². The maximum atomic E-state index is 12.4. The maximum absolute atomic E-state index is 12.4. The molecule has 1 N–H and O–H groups in total. The smallest absolute Gasteiger partial charge is 0.232 e. The Bertz CT molecular complexity index is 557. The lowest BCUT2D eigenvalue weighted by Crippen LogP contribution is -2.33. The van der Waals surface area contributed by atoms with Gasteiger partial charge in [-0.1, -0.05) is 15.9 Å². The number of likely N-dealkylation sites (tertiary alicyclic amines) is 1. The summed E-state index contributed by atoms with van der Waals surface area (Å²) in [5.41, 5.74) is 2.45. The molecular weight excluding hydrogens is 384 g/mol. The largest absolute Gasteiger partial charge is 0.341 e. The van der Waals surface area contributed by atoms with Crippen molar-refractivity contribution < 1.29 is 4.79 Å². The molecule has 22 heavy (non-hydrogen) atoms. The average Bonchev–Trinajstić information content (AvgIpc) is 3.02. The average molecular weight is 406 g/mol. The maximum Gasteiger partial charge on any atom is 0.232 e. The first-order valence-corrected chi connectivity index (χ1v) is 9.20. The van der Waals surface area contributed by atoms with Gasteiger partial charge in [0.25, 0.3) is 0 Å². The fraction of sp³-hybridized carbons (Fsp3) is 0.562. The number of benzene rings is 1. The third-order valence-corrected chi connectivity index (χ3v) is 6.55. The molecule has 3 nitrogen and oxygen atoms in total. The molecule has 0 saturated carbocycles. The number of halogens is 2. The summed E-state index contributed by atoms with van der Waals surface area (Å²) in [5.74, 6) is 2.19. The van der Waals surface area contributed by atoms with Gasteiger partial charge in [-0.05, 0) is 48.9 Å². The highest BCUT2D eigenvalue weighted by atomic mass is 79.9. The van der Waals surface area contributed by atoms with Crippen molar-refractivity contribution >= 4 is 46.0 Å². The van der Waals surface area contributed by atoms with E-state index < -0.39 is 0 Å². The fourth-order valence-corrected chi connectivity index (χ4v) is 4.67. The minimum Gasteiger partial charge on any atom is -0.341 e. The predicted molar refractivity (Wildman–Crippen MR) is 98.0 cm³/mol. The number of hydrogen-bond donors (Lipinski definition) is 1. The highest BCUT2D eigenvalue weighted by molar-refractivity contribution is 9.10. The molecule has 2 aliphatic rings. The normalized spacial score (nSPS) is 23.3. The van der Waals surface area contributed by atoms with Crippen molar-refractivity contribution in [2.45, 2.75) is 18.7 Å². The second kappa shape index (κ2) is 7.56. The van der Waals surface area contributed by atoms with E-state index in [1.165, 1.54) is 16.0 Å². The Hall–Kier alpha value is -0.230. The van der Waals surface area contributed by atoms with E-state index in [1.54, 1.807) is 11.8 Å². The van der Waals surface area contributed by atoms with E-state index >= 15 is 0 Å². The number of thioether (sulfide) groups is 1. The van der Waals surface area contributed by atoms with E-state index in [0.717, 1.165) is 30.7 Å². The van der Waals surface area contributed by atoms with Crippen LogP contribution in [-0.2, 0) is 4.79 Å². The van der Waals surface area contributed by atoms with Crippen molar-refractivity contribution in [3.05, 3.63) is 27.7 Å². The summed E-state index contributed by atoms with van der Waals surface area (Å²) in [5, 5.41) is 3.41. The standard InChI is InChI=1S/C16H21BrN2OS.ClH/c1-10-4-15(11(2)3-14(10)17)21-9-16(20)19-7-12-5-18-6-13(12)8-19;/h3-4,12-13,18H,5-9H2,1-2H3;1H/t12-,13+;. The quantitative estimate of drug-likeness (QED) is 0.783. The lowest BCUT2D eigenvalue weighted by Gasteiger charge is -2.17. The van der Waals surface area contributed by atoms with Crippen LogP contribution < -0.4 is 5.32 Å². The second-order valence-corrected chi connectivity index (χ2v) is 8.00. The minimum atomic E-state index is 0. The van der Waals surface area contributed by atoms with Crippen LogP contribution in [-0.4, -0.2) is 42.7 Å². The lowest BCUT2D eigenvalue weighted by molar-refractivity contribution is -0.127. The van der Waals surface area contributed by atoms with E-state index in [0.29, 0.717) is 17.6 Å². The predicted octanol–water partition coefficient (Wildman–Crippen LogP) is 3.26. The van der Waals surface area contributed by atoms with Crippen LogP contribution in [0.15, 0.2) is 21.5 Å². The molecule has 1 amide bonds. The molecule has 2 fully saturated rings. The summed E-state index contributed by atoms with van der Waals surface area (Å²) >= 11 is 5.22. The molecule has 2 atom stereocenters. The summed E-state index contributed by atoms with van der Waals surface area (Å²) in [6, 6.07) is 4.30. The molecule has 0 aromatic heterocycles. The van der Waals surface area contributed by atoms with Gasteiger partial charge in [0.2, 0.25) is 5.91 Å². The third-order valence-electron chi connectivity index (χ3n) is 4.55. The minimum absolute atomic E-state index is 0. The Morgan fingerprint density at radius 3 is 2.55 bits per heavy atom. The molecule has 1 aromatic carbocycles. The van der Waals surface area contributed by atoms with Gasteiger partial charge in [-0.25, -0.2) is 0 Å². The lowest BCUT2D eigenvalue weighted by atomic mass is 10.0. The van der Waals surface area contributed by atoms with Crippen molar-refractivity contribution in [2.24, 2.45) is 11.8 Å². The highest BCUT2D eigenvalue weighted by Gasteiger charge is 2.37. The number of aryl methyl sites for hydroxylation is 2. The van der Waals surface area contributed by atoms with Gasteiger partial charge in [0.15, 0.2) is 0 Å². The zero-order chi connectivity index (χ0) is 15.0. The Labute approximate surface area is 151 Å². The van der Waals surface area contributed by atoms with Gasteiger partial charge in [0, 0.05) is 35.5 Å². The Balaban J connectivity index is 0.00000176. The van der Waals surface area contributed by atoms with Crippen LogP contribution in [0.3, 0.4) is 0 Å². The highest BCUT2D eigenvalue weighted by Crippen LogP contribution is 2.30. The summed E-state index contributed by atoms with van der Waals surface area (Å²) in [4.78, 5) is 15.7. The van der Waals surface area contributed by atoms with Crippen molar-refractivity contribution in [1.82, 2.24) is 10.2 Å². The molecule has 122 valence electrons. The third kappa shape index (κ3) is 3.81. The number of carbonyl (C=O) groups is 1. The number of nitrogens with one attached hydrogen (secondary N) is 1. The molecule has 0 bridgehead atoms. The van der Waals surface area contributed by atoms with E-state index in [2.05, 4.69) is 52.1 Å². The summed E-state index contributed by atoms with van der Waals surface area (Å²) in [7, 11) is 0. The van der Waals surface area contributed by atoms with Crippen molar-refractivity contribution in [2.75, 3.05) is 31.9 Å². The molecule has 2 heterocycles. The monoisotopic (exact) mass is 404 g/mol. The van der Waals surface area contributed by atoms with E-state index in [1.807, 2.05) is 0 Å². The Kier molecular flexibility index (Phi) is 6.22. The molecule has 0 radical (unpaired) electrons. The van der Waals surface area contributed by atoms with Gasteiger partial charge in [-0.15, -0.1) is 24.2 Å². The first kappa shape index (κ1) is 18.1. The van der Waals surface area contributed by atoms with Crippen molar-refractivity contribution in [3.8, 4) is 0 Å². The van der Waals surface area contributed by atoms with E-state index in [4.69, 9.17) is 0 Å². The summed E-state index contributed by atoms with van der Waals surface area (Å²) < 4.78 is 1.13. The SMILES string of the molecule is Cc1cc(SCC(=O)N2C[C@H]3CNC[C@H]3C2)c(C)cc1Br.Cl. The Morgan fingerprint density at radius 2 is 1.91 bits per heavy atom. The molecule has 3 rings (SSSR count). The molecular formula is C16H22BrClN2OS. The summed E-state index contributed by atoms with van der Waals surface area (Å²) in [6.45, 7) is 8.22. The van der Waals surface area contributed by atoms with Crippen LogP contribution in [0.5, 0.6) is 0 Å². The number of fused-ring (bicyclic) bond motifs is 1. The van der Waals surface area contributed by atoms with Crippen LogP contribution in [0.25, 0.3) is 0 Å². The molecule has 1 aromatic rings. The van der Waals surface area contributed by atoms with Gasteiger partial charge in [-0.2, -0.15) is 0 Å². The van der Waals surface area contributed by atoms with Gasteiger partial charge in [0.05, 0.1) is 5.75 Å². The van der Waals surface area contributed by atoms with Crippen molar-refractivity contribution in [3.63, 3.8) is 0 Å². The van der Waals surface area contributed by atoms with Crippen LogP contribution in [0, 0.1) is 25.7 Å². The molecule has 0 unspecified atom stereocenters. The molecule has 2 saturated heterocycles. The molecule has 2 aliphatic heterocycles. The van der Waals surface area contributed by atoms with Crippen LogP contribution in [0.4, 0.5) is 0 Å². The number of amides is 1. The van der Waals surface area contributed by atoms with Crippen LogP contribution in [0.2, 0.25) is 0 Å². The van der Waals surface area contributed by atoms with E-state index in [-0.39, 0.29) is 18.3 Å². The summed E-state index contributed by atoms with van der Waals surface area (Å²) in [6.07, 6.45) is 0. The topological polar surface area (TPSA) is 32.3 Å². The zero-order valence-electron chi connectivity index (χ0n) is 12.9.